The molecule has 1 aliphatic rings. The molecule has 0 radical (unpaired) electrons. The molecule has 2 amide bonds. The Morgan fingerprint density at radius 3 is 2.55 bits per heavy atom. The van der Waals surface area contributed by atoms with E-state index < -0.39 is 12.1 Å². The standard InChI is InChI=1S/C14H18N2O4/c17-12-7-8-16(9-12)14(20)15-11-4-1-10(2-5-11)3-6-13(18)19/h1-2,4-5,12,17H,3,6-9H2,(H,15,20)(H,18,19). The average molecular weight is 278 g/mol. The number of hydrogen-bond acceptors (Lipinski definition) is 3. The van der Waals surface area contributed by atoms with Gasteiger partial charge in [0.2, 0.25) is 0 Å². The van der Waals surface area contributed by atoms with E-state index in [2.05, 4.69) is 5.32 Å². The smallest absolute Gasteiger partial charge is 0.321 e. The molecule has 6 heteroatoms. The number of hydrogen-bond donors (Lipinski definition) is 3. The second-order valence-corrected chi connectivity index (χ2v) is 4.91. The Hall–Kier alpha value is -2.08. The highest BCUT2D eigenvalue weighted by molar-refractivity contribution is 5.89. The third-order valence-corrected chi connectivity index (χ3v) is 3.28. The Morgan fingerprint density at radius 1 is 1.30 bits per heavy atom. The summed E-state index contributed by atoms with van der Waals surface area (Å²) >= 11 is 0. The van der Waals surface area contributed by atoms with E-state index in [1.807, 2.05) is 0 Å². The van der Waals surface area contributed by atoms with Crippen molar-refractivity contribution in [2.24, 2.45) is 0 Å². The number of aliphatic hydroxyl groups excluding tert-OH is 1. The largest absolute Gasteiger partial charge is 0.481 e. The van der Waals surface area contributed by atoms with Crippen LogP contribution in [0.3, 0.4) is 0 Å². The van der Waals surface area contributed by atoms with E-state index in [4.69, 9.17) is 5.11 Å². The van der Waals surface area contributed by atoms with Gasteiger partial charge in [-0.2, -0.15) is 0 Å². The van der Waals surface area contributed by atoms with E-state index in [1.165, 1.54) is 0 Å². The van der Waals surface area contributed by atoms with E-state index in [1.54, 1.807) is 29.2 Å². The van der Waals surface area contributed by atoms with Gasteiger partial charge < -0.3 is 20.4 Å². The number of nitrogens with one attached hydrogen (secondary N) is 1. The van der Waals surface area contributed by atoms with Crippen molar-refractivity contribution in [1.29, 1.82) is 0 Å². The fourth-order valence-electron chi connectivity index (χ4n) is 2.13. The molecule has 0 aromatic heterocycles. The summed E-state index contributed by atoms with van der Waals surface area (Å²) in [7, 11) is 0. The SMILES string of the molecule is O=C(O)CCc1ccc(NC(=O)N2CCC(O)C2)cc1. The highest BCUT2D eigenvalue weighted by Gasteiger charge is 2.24. The van der Waals surface area contributed by atoms with Crippen molar-refractivity contribution in [3.63, 3.8) is 0 Å². The van der Waals surface area contributed by atoms with Crippen LogP contribution in [-0.4, -0.2) is 46.3 Å². The lowest BCUT2D eigenvalue weighted by Gasteiger charge is -2.16. The van der Waals surface area contributed by atoms with Gasteiger partial charge in [-0.3, -0.25) is 4.79 Å². The number of aliphatic carboxylic acids is 1. The first-order chi connectivity index (χ1) is 9.54. The molecular formula is C14H18N2O4. The number of carboxylic acid groups (broad SMARTS) is 1. The van der Waals surface area contributed by atoms with Gasteiger partial charge >= 0.3 is 12.0 Å². The van der Waals surface area contributed by atoms with Gasteiger partial charge in [-0.25, -0.2) is 4.79 Å². The van der Waals surface area contributed by atoms with Crippen molar-refractivity contribution < 1.29 is 19.8 Å². The molecule has 1 atom stereocenters. The number of β-amino-alcohol motifs (C(OH)–C–C–N with tert-alkyl or cyclic N) is 1. The fourth-order valence-corrected chi connectivity index (χ4v) is 2.13. The normalized spacial score (nSPS) is 18.1. The van der Waals surface area contributed by atoms with E-state index in [0.717, 1.165) is 5.56 Å². The number of nitrogens with zero attached hydrogens (tertiary/aromatic N) is 1. The zero-order chi connectivity index (χ0) is 14.5. The minimum atomic E-state index is -0.824. The van der Waals surface area contributed by atoms with Crippen molar-refractivity contribution >= 4 is 17.7 Å². The number of benzene rings is 1. The van der Waals surface area contributed by atoms with Crippen molar-refractivity contribution in [3.05, 3.63) is 29.8 Å². The van der Waals surface area contributed by atoms with E-state index in [9.17, 15) is 14.7 Å². The predicted octanol–water partition coefficient (Wildman–Crippen LogP) is 1.30. The molecule has 1 fully saturated rings. The number of rotatable bonds is 4. The Labute approximate surface area is 117 Å². The second kappa shape index (κ2) is 6.38. The highest BCUT2D eigenvalue weighted by atomic mass is 16.4. The van der Waals surface area contributed by atoms with Gasteiger partial charge in [-0.05, 0) is 30.5 Å². The summed E-state index contributed by atoms with van der Waals surface area (Å²) in [6.07, 6.45) is 0.750. The number of aryl methyl sites for hydroxylation is 1. The first-order valence-corrected chi connectivity index (χ1v) is 6.59. The summed E-state index contributed by atoms with van der Waals surface area (Å²) in [4.78, 5) is 23.9. The quantitative estimate of drug-likeness (QED) is 0.774. The number of urea groups is 1. The molecule has 1 aliphatic heterocycles. The molecule has 0 bridgehead atoms. The van der Waals surface area contributed by atoms with E-state index in [0.29, 0.717) is 31.6 Å². The lowest BCUT2D eigenvalue weighted by atomic mass is 10.1. The third-order valence-electron chi connectivity index (χ3n) is 3.28. The summed E-state index contributed by atoms with van der Waals surface area (Å²) < 4.78 is 0. The maximum absolute atomic E-state index is 11.9. The minimum absolute atomic E-state index is 0.0946. The number of carbonyl (C=O) groups is 2. The molecule has 108 valence electrons. The molecule has 1 unspecified atom stereocenters. The summed E-state index contributed by atoms with van der Waals surface area (Å²) in [6, 6.07) is 6.89. The van der Waals surface area contributed by atoms with E-state index in [-0.39, 0.29) is 12.5 Å². The van der Waals surface area contributed by atoms with Gasteiger partial charge in [0.15, 0.2) is 0 Å². The third kappa shape index (κ3) is 3.96. The zero-order valence-corrected chi connectivity index (χ0v) is 11.1. The van der Waals surface area contributed by atoms with Crippen LogP contribution in [0.15, 0.2) is 24.3 Å². The molecule has 0 aliphatic carbocycles. The summed E-state index contributed by atoms with van der Waals surface area (Å²) in [5.74, 6) is -0.824. The van der Waals surface area contributed by atoms with Gasteiger partial charge in [0.1, 0.15) is 0 Å². The number of carbonyl (C=O) groups excluding carboxylic acids is 1. The van der Waals surface area contributed by atoms with Crippen LogP contribution in [0, 0.1) is 0 Å². The van der Waals surface area contributed by atoms with Gasteiger partial charge in [-0.15, -0.1) is 0 Å². The van der Waals surface area contributed by atoms with Crippen LogP contribution >= 0.6 is 0 Å². The maximum atomic E-state index is 11.9. The molecule has 20 heavy (non-hydrogen) atoms. The van der Waals surface area contributed by atoms with Crippen molar-refractivity contribution in [2.75, 3.05) is 18.4 Å². The second-order valence-electron chi connectivity index (χ2n) is 4.91. The zero-order valence-electron chi connectivity index (χ0n) is 11.1. The minimum Gasteiger partial charge on any atom is -0.481 e. The number of amides is 2. The number of likely N-dealkylation sites (tertiary alicyclic amines) is 1. The lowest BCUT2D eigenvalue weighted by Crippen LogP contribution is -2.33. The molecule has 6 nitrogen and oxygen atoms in total. The number of carboxylic acids is 1. The van der Waals surface area contributed by atoms with Crippen LogP contribution in [0.2, 0.25) is 0 Å². The van der Waals surface area contributed by atoms with Gasteiger partial charge in [0, 0.05) is 25.2 Å². The Bertz CT molecular complexity index is 486. The molecule has 1 aromatic rings. The van der Waals surface area contributed by atoms with Crippen LogP contribution in [0.4, 0.5) is 10.5 Å². The predicted molar refractivity (Wildman–Crippen MR) is 73.6 cm³/mol. The first-order valence-electron chi connectivity index (χ1n) is 6.59. The molecular weight excluding hydrogens is 260 g/mol. The summed E-state index contributed by atoms with van der Waals surface area (Å²) in [5, 5.41) is 20.7. The molecule has 1 aromatic carbocycles. The maximum Gasteiger partial charge on any atom is 0.321 e. The number of aliphatic hydroxyl groups is 1. The van der Waals surface area contributed by atoms with Gasteiger partial charge in [-0.1, -0.05) is 12.1 Å². The Balaban J connectivity index is 1.87. The fraction of sp³-hybridized carbons (Fsp3) is 0.429. The molecule has 2 rings (SSSR count). The monoisotopic (exact) mass is 278 g/mol. The van der Waals surface area contributed by atoms with Crippen LogP contribution in [-0.2, 0) is 11.2 Å². The van der Waals surface area contributed by atoms with Crippen LogP contribution in [0.25, 0.3) is 0 Å². The van der Waals surface area contributed by atoms with Crippen LogP contribution in [0.1, 0.15) is 18.4 Å². The molecule has 1 saturated heterocycles. The van der Waals surface area contributed by atoms with Crippen LogP contribution < -0.4 is 5.32 Å². The average Bonchev–Trinajstić information content (AvgIpc) is 2.85. The molecule has 0 spiro atoms. The molecule has 3 N–H and O–H groups in total. The van der Waals surface area contributed by atoms with Crippen LogP contribution in [0.5, 0.6) is 0 Å². The summed E-state index contributed by atoms with van der Waals surface area (Å²) in [6.45, 7) is 0.923. The van der Waals surface area contributed by atoms with Crippen molar-refractivity contribution in [2.45, 2.75) is 25.4 Å². The topological polar surface area (TPSA) is 89.9 Å². The lowest BCUT2D eigenvalue weighted by molar-refractivity contribution is -0.136. The summed E-state index contributed by atoms with van der Waals surface area (Å²) in [5.41, 5.74) is 1.58. The number of anilines is 1. The highest BCUT2D eigenvalue weighted by Crippen LogP contribution is 2.14. The Kier molecular flexibility index (Phi) is 4.57. The molecule has 0 saturated carbocycles. The Morgan fingerprint density at radius 2 is 2.00 bits per heavy atom. The molecule has 1 heterocycles. The van der Waals surface area contributed by atoms with E-state index >= 15 is 0 Å². The van der Waals surface area contributed by atoms with Gasteiger partial charge in [0.05, 0.1) is 6.10 Å². The van der Waals surface area contributed by atoms with Crippen molar-refractivity contribution in [1.82, 2.24) is 4.90 Å². The first kappa shape index (κ1) is 14.3. The van der Waals surface area contributed by atoms with Gasteiger partial charge in [0.25, 0.3) is 0 Å². The van der Waals surface area contributed by atoms with Crippen molar-refractivity contribution in [3.8, 4) is 0 Å².